The molecule has 0 radical (unpaired) electrons. The van der Waals surface area contributed by atoms with Crippen LogP contribution in [-0.4, -0.2) is 57.9 Å². The van der Waals surface area contributed by atoms with Crippen LogP contribution in [0.25, 0.3) is 0 Å². The van der Waals surface area contributed by atoms with Crippen molar-refractivity contribution < 1.29 is 13.2 Å². The Morgan fingerprint density at radius 3 is 2.74 bits per heavy atom. The third-order valence-corrected chi connectivity index (χ3v) is 5.30. The van der Waals surface area contributed by atoms with Crippen LogP contribution in [0.2, 0.25) is 0 Å². The quantitative estimate of drug-likeness (QED) is 0.649. The minimum atomic E-state index is -3.13. The summed E-state index contributed by atoms with van der Waals surface area (Å²) in [5, 5.41) is 3.22. The maximum absolute atomic E-state index is 12.1. The first-order valence-corrected chi connectivity index (χ1v) is 8.93. The average molecular weight is 292 g/mol. The number of sulfonamides is 1. The van der Waals surface area contributed by atoms with Crippen molar-refractivity contribution in [3.63, 3.8) is 0 Å². The van der Waals surface area contributed by atoms with E-state index in [1.54, 1.807) is 7.05 Å². The molecule has 5 nitrogen and oxygen atoms in total. The molecule has 114 valence electrons. The first-order chi connectivity index (χ1) is 9.06. The van der Waals surface area contributed by atoms with Crippen molar-refractivity contribution in [3.05, 3.63) is 0 Å². The number of nitrogens with one attached hydrogen (secondary N) is 1. The molecule has 1 N–H and O–H groups in total. The van der Waals surface area contributed by atoms with Gasteiger partial charge in [-0.3, -0.25) is 0 Å². The second-order valence-corrected chi connectivity index (χ2v) is 7.38. The lowest BCUT2D eigenvalue weighted by atomic mass is 10.1. The summed E-state index contributed by atoms with van der Waals surface area (Å²) in [5.74, 6) is 0.215. The Bertz CT molecular complexity index is 327. The molecule has 0 spiro atoms. The fraction of sp³-hybridized carbons (Fsp3) is 1.00. The van der Waals surface area contributed by atoms with E-state index in [0.717, 1.165) is 45.4 Å². The minimum absolute atomic E-state index is 0.0757. The Morgan fingerprint density at radius 2 is 2.11 bits per heavy atom. The Kier molecular flexibility index (Phi) is 7.90. The van der Waals surface area contributed by atoms with E-state index in [2.05, 4.69) is 12.2 Å². The van der Waals surface area contributed by atoms with E-state index in [-0.39, 0.29) is 11.9 Å². The average Bonchev–Trinajstić information content (AvgIpc) is 2.39. The maximum Gasteiger partial charge on any atom is 0.213 e. The maximum atomic E-state index is 12.1. The van der Waals surface area contributed by atoms with Gasteiger partial charge >= 0.3 is 0 Å². The highest BCUT2D eigenvalue weighted by Crippen LogP contribution is 2.14. The van der Waals surface area contributed by atoms with E-state index in [4.69, 9.17) is 4.74 Å². The monoisotopic (exact) mass is 292 g/mol. The van der Waals surface area contributed by atoms with Crippen molar-refractivity contribution >= 4 is 10.0 Å². The molecule has 6 heteroatoms. The summed E-state index contributed by atoms with van der Waals surface area (Å²) in [6.07, 6.45) is 5.02. The largest absolute Gasteiger partial charge is 0.377 e. The van der Waals surface area contributed by atoms with Gasteiger partial charge in [-0.05, 0) is 45.2 Å². The number of hydrogen-bond donors (Lipinski definition) is 1. The summed E-state index contributed by atoms with van der Waals surface area (Å²) in [6, 6.07) is 0. The molecule has 0 aliphatic carbocycles. The summed E-state index contributed by atoms with van der Waals surface area (Å²) >= 11 is 0. The van der Waals surface area contributed by atoms with Crippen LogP contribution in [0, 0.1) is 0 Å². The van der Waals surface area contributed by atoms with Gasteiger partial charge in [0.1, 0.15) is 0 Å². The molecule has 1 fully saturated rings. The number of rotatable bonds is 9. The molecule has 0 aromatic carbocycles. The normalized spacial score (nSPS) is 20.9. The molecule has 1 rings (SSSR count). The summed E-state index contributed by atoms with van der Waals surface area (Å²) in [6.45, 7) is 5.07. The van der Waals surface area contributed by atoms with Gasteiger partial charge in [0.25, 0.3) is 0 Å². The molecular weight excluding hydrogens is 264 g/mol. The van der Waals surface area contributed by atoms with Crippen LogP contribution in [0.1, 0.15) is 39.0 Å². The van der Waals surface area contributed by atoms with Gasteiger partial charge in [-0.25, -0.2) is 12.7 Å². The number of ether oxygens (including phenoxy) is 1. The molecule has 1 saturated heterocycles. The molecule has 1 unspecified atom stereocenters. The molecule has 19 heavy (non-hydrogen) atoms. The number of likely N-dealkylation sites (N-methyl/N-ethyl adjacent to an activating group) is 1. The lowest BCUT2D eigenvalue weighted by Crippen LogP contribution is -2.38. The van der Waals surface area contributed by atoms with Crippen LogP contribution in [0.3, 0.4) is 0 Å². The van der Waals surface area contributed by atoms with Crippen molar-refractivity contribution in [1.82, 2.24) is 9.62 Å². The highest BCUT2D eigenvalue weighted by atomic mass is 32.2. The first-order valence-electron chi connectivity index (χ1n) is 7.32. The van der Waals surface area contributed by atoms with Crippen molar-refractivity contribution in [2.24, 2.45) is 0 Å². The van der Waals surface area contributed by atoms with Crippen LogP contribution in [0.5, 0.6) is 0 Å². The molecule has 0 amide bonds. The lowest BCUT2D eigenvalue weighted by Gasteiger charge is -2.27. The molecule has 1 aliphatic rings. The minimum Gasteiger partial charge on any atom is -0.377 e. The van der Waals surface area contributed by atoms with Gasteiger partial charge in [-0.1, -0.05) is 6.92 Å². The van der Waals surface area contributed by atoms with Gasteiger partial charge in [0.2, 0.25) is 10.0 Å². The molecular formula is C13H28N2O3S. The molecule has 0 aromatic rings. The van der Waals surface area contributed by atoms with Gasteiger partial charge in [-0.15, -0.1) is 0 Å². The third kappa shape index (κ3) is 6.70. The fourth-order valence-corrected chi connectivity index (χ4v) is 3.40. The fourth-order valence-electron chi connectivity index (χ4n) is 2.19. The van der Waals surface area contributed by atoms with Gasteiger partial charge in [0.05, 0.1) is 11.9 Å². The zero-order valence-electron chi connectivity index (χ0n) is 12.2. The topological polar surface area (TPSA) is 58.6 Å². The van der Waals surface area contributed by atoms with E-state index < -0.39 is 10.0 Å². The van der Waals surface area contributed by atoms with Gasteiger partial charge in [0.15, 0.2) is 0 Å². The summed E-state index contributed by atoms with van der Waals surface area (Å²) in [4.78, 5) is 0. The first kappa shape index (κ1) is 16.9. The zero-order chi connectivity index (χ0) is 14.1. The predicted molar refractivity (Wildman–Crippen MR) is 77.8 cm³/mol. The van der Waals surface area contributed by atoms with E-state index >= 15 is 0 Å². The standard InChI is InChI=1S/C13H28N2O3S/c1-3-8-14-9-6-11-19(16,17)15(2)12-13-7-4-5-10-18-13/h13-14H,3-12H2,1-2H3. The summed E-state index contributed by atoms with van der Waals surface area (Å²) in [5.41, 5.74) is 0. The molecule has 1 atom stereocenters. The highest BCUT2D eigenvalue weighted by Gasteiger charge is 2.23. The van der Waals surface area contributed by atoms with Crippen molar-refractivity contribution in [1.29, 1.82) is 0 Å². The number of hydrogen-bond acceptors (Lipinski definition) is 4. The Balaban J connectivity index is 2.25. The van der Waals surface area contributed by atoms with Gasteiger partial charge in [0, 0.05) is 20.2 Å². The van der Waals surface area contributed by atoms with E-state index in [0.29, 0.717) is 13.0 Å². The van der Waals surface area contributed by atoms with Crippen molar-refractivity contribution in [2.45, 2.75) is 45.1 Å². The van der Waals surface area contributed by atoms with Crippen LogP contribution >= 0.6 is 0 Å². The smallest absolute Gasteiger partial charge is 0.213 e. The van der Waals surface area contributed by atoms with Crippen molar-refractivity contribution in [3.8, 4) is 0 Å². The Hall–Kier alpha value is -0.170. The molecule has 0 aromatic heterocycles. The predicted octanol–water partition coefficient (Wildman–Crippen LogP) is 1.21. The molecule has 0 saturated carbocycles. The molecule has 1 heterocycles. The Morgan fingerprint density at radius 1 is 1.32 bits per heavy atom. The van der Waals surface area contributed by atoms with E-state index in [1.165, 1.54) is 4.31 Å². The second-order valence-electron chi connectivity index (χ2n) is 5.19. The SMILES string of the molecule is CCCNCCCS(=O)(=O)N(C)CC1CCCCO1. The third-order valence-electron chi connectivity index (χ3n) is 3.39. The van der Waals surface area contributed by atoms with Crippen LogP contribution in [0.4, 0.5) is 0 Å². The highest BCUT2D eigenvalue weighted by molar-refractivity contribution is 7.89. The van der Waals surface area contributed by atoms with Crippen molar-refractivity contribution in [2.75, 3.05) is 39.0 Å². The zero-order valence-corrected chi connectivity index (χ0v) is 13.0. The molecule has 1 aliphatic heterocycles. The van der Waals surface area contributed by atoms with Gasteiger partial charge < -0.3 is 10.1 Å². The molecule has 0 bridgehead atoms. The summed E-state index contributed by atoms with van der Waals surface area (Å²) in [7, 11) is -1.47. The van der Waals surface area contributed by atoms with E-state index in [9.17, 15) is 8.42 Å². The lowest BCUT2D eigenvalue weighted by molar-refractivity contribution is 0.00859. The van der Waals surface area contributed by atoms with Crippen LogP contribution < -0.4 is 5.32 Å². The van der Waals surface area contributed by atoms with Crippen LogP contribution in [-0.2, 0) is 14.8 Å². The number of nitrogens with zero attached hydrogens (tertiary/aromatic N) is 1. The summed E-state index contributed by atoms with van der Waals surface area (Å²) < 4.78 is 31.2. The van der Waals surface area contributed by atoms with Crippen LogP contribution in [0.15, 0.2) is 0 Å². The van der Waals surface area contributed by atoms with Gasteiger partial charge in [-0.2, -0.15) is 0 Å². The Labute approximate surface area is 117 Å². The second kappa shape index (κ2) is 8.89. The van der Waals surface area contributed by atoms with E-state index in [1.807, 2.05) is 0 Å².